The molecule has 6 heteroatoms. The summed E-state index contributed by atoms with van der Waals surface area (Å²) in [5.41, 5.74) is 7.82. The fraction of sp³-hybridized carbons (Fsp3) is 0.600. The molecular weight excluding hydrogens is 439 g/mol. The summed E-state index contributed by atoms with van der Waals surface area (Å²) >= 11 is 0. The lowest BCUT2D eigenvalue weighted by Crippen LogP contribution is -2.38. The Hall–Kier alpha value is -1.31. The van der Waals surface area contributed by atoms with Crippen LogP contribution in [0.15, 0.2) is 29.3 Å². The van der Waals surface area contributed by atoms with E-state index < -0.39 is 0 Å². The summed E-state index contributed by atoms with van der Waals surface area (Å²) in [5, 5.41) is 6.12. The van der Waals surface area contributed by atoms with E-state index >= 15 is 0 Å². The van der Waals surface area contributed by atoms with Crippen molar-refractivity contribution in [1.82, 2.24) is 5.32 Å². The van der Waals surface area contributed by atoms with Crippen molar-refractivity contribution in [2.45, 2.75) is 66.5 Å². The fourth-order valence-corrected chi connectivity index (χ4v) is 2.36. The Kier molecular flexibility index (Phi) is 12.3. The zero-order valence-corrected chi connectivity index (χ0v) is 19.0. The molecule has 0 aliphatic heterocycles. The number of rotatable bonds is 9. The van der Waals surface area contributed by atoms with Crippen LogP contribution in [0.25, 0.3) is 0 Å². The third kappa shape index (κ3) is 10.6. The number of nitrogens with zero attached hydrogens (tertiary/aromatic N) is 1. The van der Waals surface area contributed by atoms with Gasteiger partial charge in [0.25, 0.3) is 0 Å². The number of nitrogens with two attached hydrogens (primary N) is 1. The molecule has 1 rings (SSSR count). The van der Waals surface area contributed by atoms with Crippen molar-refractivity contribution < 1.29 is 4.79 Å². The van der Waals surface area contributed by atoms with Gasteiger partial charge in [0, 0.05) is 17.6 Å². The smallest absolute Gasteiger partial charge is 0.226 e. The van der Waals surface area contributed by atoms with Crippen molar-refractivity contribution in [2.24, 2.45) is 22.6 Å². The maximum atomic E-state index is 11.7. The van der Waals surface area contributed by atoms with Gasteiger partial charge in [0.05, 0.1) is 6.54 Å². The van der Waals surface area contributed by atoms with Gasteiger partial charge >= 0.3 is 0 Å². The highest BCUT2D eigenvalue weighted by atomic mass is 127. The molecule has 0 saturated heterocycles. The number of guanidine groups is 1. The second kappa shape index (κ2) is 12.9. The van der Waals surface area contributed by atoms with Gasteiger partial charge < -0.3 is 16.4 Å². The molecule has 0 aromatic heterocycles. The molecule has 148 valence electrons. The number of carbonyl (C=O) groups excluding carboxylic acids is 1. The molecule has 4 N–H and O–H groups in total. The first-order valence-electron chi connectivity index (χ1n) is 9.24. The topological polar surface area (TPSA) is 79.5 Å². The Labute approximate surface area is 175 Å². The third-order valence-electron chi connectivity index (χ3n) is 3.99. The Bertz CT molecular complexity index is 555. The highest BCUT2D eigenvalue weighted by Crippen LogP contribution is 2.12. The van der Waals surface area contributed by atoms with E-state index in [1.54, 1.807) is 0 Å². The second-order valence-corrected chi connectivity index (χ2v) is 7.41. The summed E-state index contributed by atoms with van der Waals surface area (Å²) < 4.78 is 0. The van der Waals surface area contributed by atoms with Gasteiger partial charge in [-0.15, -0.1) is 24.0 Å². The molecule has 26 heavy (non-hydrogen) atoms. The van der Waals surface area contributed by atoms with Crippen LogP contribution in [0.3, 0.4) is 0 Å². The minimum Gasteiger partial charge on any atom is -0.370 e. The van der Waals surface area contributed by atoms with Crippen LogP contribution in [0.2, 0.25) is 0 Å². The van der Waals surface area contributed by atoms with Gasteiger partial charge in [-0.05, 0) is 37.0 Å². The van der Waals surface area contributed by atoms with Crippen molar-refractivity contribution in [2.75, 3.05) is 5.32 Å². The lowest BCUT2D eigenvalue weighted by Gasteiger charge is -2.15. The van der Waals surface area contributed by atoms with Gasteiger partial charge in [-0.25, -0.2) is 4.99 Å². The highest BCUT2D eigenvalue weighted by molar-refractivity contribution is 14.0. The van der Waals surface area contributed by atoms with Crippen LogP contribution in [0.1, 0.15) is 59.4 Å². The molecule has 0 spiro atoms. The summed E-state index contributed by atoms with van der Waals surface area (Å²) in [6.45, 7) is 10.9. The minimum absolute atomic E-state index is 0. The van der Waals surface area contributed by atoms with E-state index in [9.17, 15) is 4.79 Å². The van der Waals surface area contributed by atoms with E-state index in [2.05, 4.69) is 36.4 Å². The second-order valence-electron chi connectivity index (χ2n) is 7.41. The van der Waals surface area contributed by atoms with Gasteiger partial charge in [0.15, 0.2) is 5.96 Å². The molecule has 0 heterocycles. The van der Waals surface area contributed by atoms with Crippen LogP contribution in [0, 0.1) is 11.8 Å². The Morgan fingerprint density at radius 1 is 1.08 bits per heavy atom. The Balaban J connectivity index is 0.00000625. The lowest BCUT2D eigenvalue weighted by molar-refractivity contribution is -0.118. The van der Waals surface area contributed by atoms with Crippen LogP contribution in [-0.2, 0) is 11.3 Å². The number of nitrogens with one attached hydrogen (secondary N) is 2. The first-order chi connectivity index (χ1) is 11.8. The number of halogens is 1. The average molecular weight is 474 g/mol. The van der Waals surface area contributed by atoms with Crippen molar-refractivity contribution in [3.8, 4) is 0 Å². The molecule has 0 aliphatic rings. The quantitative estimate of drug-likeness (QED) is 0.280. The molecule has 0 bridgehead atoms. The zero-order valence-electron chi connectivity index (χ0n) is 16.7. The third-order valence-corrected chi connectivity index (χ3v) is 3.99. The maximum Gasteiger partial charge on any atom is 0.226 e. The van der Waals surface area contributed by atoms with E-state index in [1.165, 1.54) is 12.8 Å². The highest BCUT2D eigenvalue weighted by Gasteiger charge is 2.07. The van der Waals surface area contributed by atoms with Crippen molar-refractivity contribution >= 4 is 41.5 Å². The normalized spacial score (nSPS) is 12.7. The summed E-state index contributed by atoms with van der Waals surface area (Å²) in [6, 6.07) is 8.03. The molecule has 1 atom stereocenters. The summed E-state index contributed by atoms with van der Waals surface area (Å²) in [5.74, 6) is 1.21. The van der Waals surface area contributed by atoms with Crippen LogP contribution in [-0.4, -0.2) is 17.9 Å². The predicted molar refractivity (Wildman–Crippen MR) is 122 cm³/mol. The van der Waals surface area contributed by atoms with Crippen molar-refractivity contribution in [3.05, 3.63) is 29.8 Å². The molecule has 1 aromatic rings. The average Bonchev–Trinajstić information content (AvgIpc) is 2.53. The molecule has 1 unspecified atom stereocenters. The monoisotopic (exact) mass is 474 g/mol. The SMILES string of the molecule is CC(C)CCCC(C)NC(N)=NCc1ccc(NC(=O)C(C)C)cc1.I. The van der Waals surface area contributed by atoms with Crippen LogP contribution in [0.4, 0.5) is 5.69 Å². The molecule has 0 saturated carbocycles. The summed E-state index contributed by atoms with van der Waals surface area (Å²) in [7, 11) is 0. The van der Waals surface area contributed by atoms with Gasteiger partial charge in [-0.3, -0.25) is 4.79 Å². The van der Waals surface area contributed by atoms with E-state index in [-0.39, 0.29) is 35.8 Å². The van der Waals surface area contributed by atoms with Crippen molar-refractivity contribution in [1.29, 1.82) is 0 Å². The van der Waals surface area contributed by atoms with Gasteiger partial charge in [0.2, 0.25) is 5.91 Å². The molecule has 5 nitrogen and oxygen atoms in total. The van der Waals surface area contributed by atoms with E-state index in [0.717, 1.165) is 23.6 Å². The van der Waals surface area contributed by atoms with Crippen LogP contribution < -0.4 is 16.4 Å². The summed E-state index contributed by atoms with van der Waals surface area (Å²) in [6.07, 6.45) is 3.53. The molecular formula is C20H35IN4O. The van der Waals surface area contributed by atoms with Crippen molar-refractivity contribution in [3.63, 3.8) is 0 Å². The number of amides is 1. The number of hydrogen-bond acceptors (Lipinski definition) is 2. The number of hydrogen-bond donors (Lipinski definition) is 3. The van der Waals surface area contributed by atoms with Crippen LogP contribution in [0.5, 0.6) is 0 Å². The predicted octanol–water partition coefficient (Wildman–Crippen LogP) is 4.52. The van der Waals surface area contributed by atoms with E-state index in [1.807, 2.05) is 38.1 Å². The van der Waals surface area contributed by atoms with Gasteiger partial charge in [-0.2, -0.15) is 0 Å². The Morgan fingerprint density at radius 3 is 2.23 bits per heavy atom. The van der Waals surface area contributed by atoms with Crippen LogP contribution >= 0.6 is 24.0 Å². The number of anilines is 1. The van der Waals surface area contributed by atoms with Gasteiger partial charge in [0.1, 0.15) is 0 Å². The lowest BCUT2D eigenvalue weighted by atomic mass is 10.0. The zero-order chi connectivity index (χ0) is 18.8. The largest absolute Gasteiger partial charge is 0.370 e. The first-order valence-corrected chi connectivity index (χ1v) is 9.24. The van der Waals surface area contributed by atoms with Gasteiger partial charge in [-0.1, -0.05) is 52.7 Å². The molecule has 1 amide bonds. The van der Waals surface area contributed by atoms with E-state index in [4.69, 9.17) is 5.73 Å². The fourth-order valence-electron chi connectivity index (χ4n) is 2.36. The molecule has 0 radical (unpaired) electrons. The Morgan fingerprint density at radius 2 is 1.69 bits per heavy atom. The standard InChI is InChI=1S/C20H34N4O.HI/c1-14(2)7-6-8-16(5)23-20(21)22-13-17-9-11-18(12-10-17)24-19(25)15(3)4;/h9-12,14-16H,6-8,13H2,1-5H3,(H,24,25)(H3,21,22,23);1H. The molecule has 0 fully saturated rings. The minimum atomic E-state index is -0.0299. The number of benzene rings is 1. The van der Waals surface area contributed by atoms with E-state index in [0.29, 0.717) is 18.5 Å². The molecule has 0 aliphatic carbocycles. The number of carbonyl (C=O) groups is 1. The molecule has 1 aromatic carbocycles. The maximum absolute atomic E-state index is 11.7. The first kappa shape index (κ1) is 24.7. The summed E-state index contributed by atoms with van der Waals surface area (Å²) in [4.78, 5) is 16.1. The number of aliphatic imine (C=N–C) groups is 1.